The summed E-state index contributed by atoms with van der Waals surface area (Å²) in [4.78, 5) is 13.9. The van der Waals surface area contributed by atoms with Gasteiger partial charge in [0.25, 0.3) is 5.69 Å². The molecular weight excluding hydrogens is 455 g/mol. The zero-order valence-electron chi connectivity index (χ0n) is 17.3. The van der Waals surface area contributed by atoms with E-state index < -0.39 is 4.92 Å². The first kappa shape index (κ1) is 27.7. The van der Waals surface area contributed by atoms with Gasteiger partial charge in [-0.25, -0.2) is 0 Å². The van der Waals surface area contributed by atoms with Crippen molar-refractivity contribution >= 4 is 22.7 Å². The quantitative estimate of drug-likeness (QED) is 0.229. The van der Waals surface area contributed by atoms with E-state index in [9.17, 15) is 10.1 Å². The zero-order valence-corrected chi connectivity index (χ0v) is 18.9. The molecule has 0 saturated heterocycles. The van der Waals surface area contributed by atoms with Gasteiger partial charge in [-0.05, 0) is 6.07 Å². The van der Waals surface area contributed by atoms with Crippen molar-refractivity contribution in [1.82, 2.24) is 0 Å². The first-order chi connectivity index (χ1) is 12.2. The fraction of sp³-hybridized carbons (Fsp3) is 0.316. The second-order valence-electron chi connectivity index (χ2n) is 5.90. The number of nitrogen functional groups attached to an aromatic ring is 1. The van der Waals surface area contributed by atoms with Gasteiger partial charge in [-0.1, -0.05) is 0 Å². The molecule has 0 bridgehead atoms. The maximum absolute atomic E-state index is 10.6. The van der Waals surface area contributed by atoms with Crippen LogP contribution in [-0.2, 0) is 20.4 Å². The molecule has 2 N–H and O–H groups in total. The standard InChI is InChI=1S/C9H12N2O3.C9H14N2O.CH3.Pd/c1-10(2)7-4-8(11(12)13)6-9(5-7)14-3;1-11(2)8-4-7(10)5-9(6-8)12-3;;/h4-6H,1-3H3;4-6H,10H2,1-3H3;1H3;/q;;-1;. The average molecular weight is 484 g/mol. The summed E-state index contributed by atoms with van der Waals surface area (Å²) in [5.41, 5.74) is 8.22. The minimum absolute atomic E-state index is 0. The van der Waals surface area contributed by atoms with Gasteiger partial charge in [0.2, 0.25) is 0 Å². The maximum Gasteiger partial charge on any atom is 0.275 e. The molecule has 0 amide bonds. The fourth-order valence-corrected chi connectivity index (χ4v) is 2.03. The number of non-ortho nitro benzene ring substituents is 1. The maximum atomic E-state index is 10.6. The summed E-state index contributed by atoms with van der Waals surface area (Å²) in [7, 11) is 10.7. The fourth-order valence-electron chi connectivity index (χ4n) is 2.03. The monoisotopic (exact) mass is 483 g/mol. The minimum atomic E-state index is -0.435. The Bertz CT molecular complexity index is 755. The number of nitro benzene ring substituents is 1. The van der Waals surface area contributed by atoms with E-state index in [0.717, 1.165) is 22.8 Å². The molecule has 9 heteroatoms. The van der Waals surface area contributed by atoms with E-state index in [-0.39, 0.29) is 33.5 Å². The Morgan fingerprint density at radius 1 is 0.857 bits per heavy atom. The van der Waals surface area contributed by atoms with Crippen LogP contribution >= 0.6 is 0 Å². The number of rotatable bonds is 5. The van der Waals surface area contributed by atoms with Gasteiger partial charge in [0.1, 0.15) is 11.5 Å². The van der Waals surface area contributed by atoms with E-state index in [0.29, 0.717) is 5.75 Å². The van der Waals surface area contributed by atoms with E-state index in [1.54, 1.807) is 24.1 Å². The van der Waals surface area contributed by atoms with Gasteiger partial charge in [0.05, 0.1) is 25.2 Å². The van der Waals surface area contributed by atoms with Crippen LogP contribution in [0.2, 0.25) is 0 Å². The average Bonchev–Trinajstić information content (AvgIpc) is 2.60. The Kier molecular flexibility index (Phi) is 12.7. The van der Waals surface area contributed by atoms with Crippen molar-refractivity contribution < 1.29 is 34.8 Å². The normalized spacial score (nSPS) is 8.93. The van der Waals surface area contributed by atoms with Gasteiger partial charge < -0.3 is 32.4 Å². The first-order valence-electron chi connectivity index (χ1n) is 7.80. The molecule has 0 aliphatic heterocycles. The largest absolute Gasteiger partial charge is 0.497 e. The SMILES string of the molecule is COc1cc(N(C)C)cc([N+](=O)[O-])c1.COc1cc(N)cc(N(C)C)c1.[CH3-].[Pd]. The van der Waals surface area contributed by atoms with Crippen LogP contribution in [0.3, 0.4) is 0 Å². The van der Waals surface area contributed by atoms with Crippen molar-refractivity contribution in [3.05, 3.63) is 53.9 Å². The summed E-state index contributed by atoms with van der Waals surface area (Å²) in [6.45, 7) is 0. The predicted molar refractivity (Wildman–Crippen MR) is 112 cm³/mol. The molecule has 160 valence electrons. The van der Waals surface area contributed by atoms with E-state index in [1.807, 2.05) is 45.2 Å². The van der Waals surface area contributed by atoms with Crippen LogP contribution in [0.15, 0.2) is 36.4 Å². The molecule has 8 nitrogen and oxygen atoms in total. The Hall–Kier alpha value is -2.50. The van der Waals surface area contributed by atoms with Crippen LogP contribution in [0.1, 0.15) is 0 Å². The molecule has 0 unspecified atom stereocenters. The van der Waals surface area contributed by atoms with Crippen molar-refractivity contribution in [3.8, 4) is 11.5 Å². The molecule has 2 aromatic rings. The van der Waals surface area contributed by atoms with Gasteiger partial charge in [0.15, 0.2) is 0 Å². The second-order valence-corrected chi connectivity index (χ2v) is 5.90. The number of nitro groups is 1. The van der Waals surface area contributed by atoms with Gasteiger partial charge in [-0.15, -0.1) is 0 Å². The Balaban J connectivity index is 0. The Labute approximate surface area is 181 Å². The van der Waals surface area contributed by atoms with E-state index in [4.69, 9.17) is 15.2 Å². The van der Waals surface area contributed by atoms with Gasteiger partial charge in [-0.2, -0.15) is 0 Å². The van der Waals surface area contributed by atoms with Crippen molar-refractivity contribution in [2.75, 3.05) is 57.9 Å². The second kappa shape index (κ2) is 12.8. The van der Waals surface area contributed by atoms with E-state index in [1.165, 1.54) is 19.2 Å². The van der Waals surface area contributed by atoms with Crippen LogP contribution in [0, 0.1) is 17.5 Å². The summed E-state index contributed by atoms with van der Waals surface area (Å²) >= 11 is 0. The van der Waals surface area contributed by atoms with Crippen LogP contribution in [0.4, 0.5) is 22.7 Å². The van der Waals surface area contributed by atoms with Crippen LogP contribution in [-0.4, -0.2) is 47.3 Å². The molecule has 0 fully saturated rings. The summed E-state index contributed by atoms with van der Waals surface area (Å²) in [6.07, 6.45) is 0. The molecule has 2 rings (SSSR count). The molecule has 0 aromatic heterocycles. The van der Waals surface area contributed by atoms with Crippen molar-refractivity contribution in [1.29, 1.82) is 0 Å². The molecule has 0 aliphatic rings. The predicted octanol–water partition coefficient (Wildman–Crippen LogP) is 3.46. The molecule has 0 radical (unpaired) electrons. The molecule has 0 aliphatic carbocycles. The molecule has 0 atom stereocenters. The molecule has 28 heavy (non-hydrogen) atoms. The number of ether oxygens (including phenoxy) is 2. The third-order valence-electron chi connectivity index (χ3n) is 3.50. The molecule has 0 spiro atoms. The summed E-state index contributed by atoms with van der Waals surface area (Å²) in [5, 5.41) is 10.6. The summed E-state index contributed by atoms with van der Waals surface area (Å²) in [5.74, 6) is 1.28. The number of nitrogens with two attached hydrogens (primary N) is 1. The topological polar surface area (TPSA) is 94.1 Å². The van der Waals surface area contributed by atoms with Crippen molar-refractivity contribution in [2.24, 2.45) is 0 Å². The molecular formula is C19H29N4O4Pd-. The Morgan fingerprint density at radius 3 is 1.68 bits per heavy atom. The molecule has 2 aromatic carbocycles. The van der Waals surface area contributed by atoms with E-state index >= 15 is 0 Å². The van der Waals surface area contributed by atoms with Gasteiger partial charge >= 0.3 is 0 Å². The van der Waals surface area contributed by atoms with Gasteiger partial charge in [0, 0.05) is 89.9 Å². The first-order valence-corrected chi connectivity index (χ1v) is 7.80. The third-order valence-corrected chi connectivity index (χ3v) is 3.50. The summed E-state index contributed by atoms with van der Waals surface area (Å²) in [6, 6.07) is 10.3. The number of nitrogens with zero attached hydrogens (tertiary/aromatic N) is 3. The van der Waals surface area contributed by atoms with Crippen molar-refractivity contribution in [2.45, 2.75) is 0 Å². The number of hydrogen-bond donors (Lipinski definition) is 1. The smallest absolute Gasteiger partial charge is 0.275 e. The number of hydrogen-bond acceptors (Lipinski definition) is 7. The van der Waals surface area contributed by atoms with Crippen molar-refractivity contribution in [3.63, 3.8) is 0 Å². The number of anilines is 3. The van der Waals surface area contributed by atoms with E-state index in [2.05, 4.69) is 0 Å². The minimum Gasteiger partial charge on any atom is -0.497 e. The van der Waals surface area contributed by atoms with Crippen LogP contribution in [0.5, 0.6) is 11.5 Å². The molecule has 0 saturated carbocycles. The van der Waals surface area contributed by atoms with Crippen LogP contribution in [0.25, 0.3) is 0 Å². The zero-order chi connectivity index (χ0) is 19.9. The van der Waals surface area contributed by atoms with Crippen LogP contribution < -0.4 is 25.0 Å². The number of benzene rings is 2. The third kappa shape index (κ3) is 8.46. The van der Waals surface area contributed by atoms with Gasteiger partial charge in [-0.3, -0.25) is 10.1 Å². The Morgan fingerprint density at radius 2 is 1.29 bits per heavy atom. The number of methoxy groups -OCH3 is 2. The summed E-state index contributed by atoms with van der Waals surface area (Å²) < 4.78 is 10.0. The molecule has 0 heterocycles.